The van der Waals surface area contributed by atoms with E-state index in [1.807, 2.05) is 6.92 Å². The second-order valence-corrected chi connectivity index (χ2v) is 6.95. The lowest BCUT2D eigenvalue weighted by molar-refractivity contribution is -0.342. The summed E-state index contributed by atoms with van der Waals surface area (Å²) in [6, 6.07) is 0. The Hall–Kier alpha value is -1.23. The Morgan fingerprint density at radius 2 is 1.92 bits per heavy atom. The molecular weight excluding hydrogens is 336 g/mol. The molecule has 1 saturated heterocycles. The van der Waals surface area contributed by atoms with Crippen LogP contribution in [0.3, 0.4) is 0 Å². The van der Waals surface area contributed by atoms with E-state index in [0.717, 1.165) is 12.7 Å². The number of carboxylic acid groups (broad SMARTS) is 1. The molecule has 9 nitrogen and oxygen atoms in total. The molecule has 2 heterocycles. The molecule has 2 fully saturated rings. The minimum absolute atomic E-state index is 0.142. The van der Waals surface area contributed by atoms with Crippen LogP contribution in [-0.2, 0) is 19.0 Å². The summed E-state index contributed by atoms with van der Waals surface area (Å²) < 4.78 is 16.5. The van der Waals surface area contributed by atoms with E-state index in [-0.39, 0.29) is 23.3 Å². The quantitative estimate of drug-likeness (QED) is 0.417. The van der Waals surface area contributed by atoms with Crippen molar-refractivity contribution in [3.05, 3.63) is 11.8 Å². The van der Waals surface area contributed by atoms with Gasteiger partial charge in [0.15, 0.2) is 6.29 Å². The number of fused-ring (bicyclic) bond motifs is 1. The van der Waals surface area contributed by atoms with Crippen molar-refractivity contribution in [1.29, 1.82) is 0 Å². The number of ether oxygens (including phenoxy) is 3. The van der Waals surface area contributed by atoms with Crippen molar-refractivity contribution < 1.29 is 44.5 Å². The molecule has 1 aliphatic carbocycles. The summed E-state index contributed by atoms with van der Waals surface area (Å²) in [6.07, 6.45) is -5.10. The van der Waals surface area contributed by atoms with Gasteiger partial charge in [0.1, 0.15) is 24.4 Å². The Morgan fingerprint density at radius 1 is 1.20 bits per heavy atom. The summed E-state index contributed by atoms with van der Waals surface area (Å²) in [5.41, 5.74) is 0.197. The zero-order chi connectivity index (χ0) is 18.3. The molecule has 2 aliphatic heterocycles. The topological polar surface area (TPSA) is 146 Å². The number of hydrogen-bond donors (Lipinski definition) is 5. The average Bonchev–Trinajstić information content (AvgIpc) is 2.97. The second kappa shape index (κ2) is 7.18. The Morgan fingerprint density at radius 3 is 2.56 bits per heavy atom. The van der Waals surface area contributed by atoms with Crippen LogP contribution in [0.1, 0.15) is 19.8 Å². The highest BCUT2D eigenvalue weighted by Gasteiger charge is 2.50. The van der Waals surface area contributed by atoms with Crippen molar-refractivity contribution in [2.75, 3.05) is 6.61 Å². The van der Waals surface area contributed by atoms with E-state index in [1.54, 1.807) is 0 Å². The maximum absolute atomic E-state index is 11.4. The van der Waals surface area contributed by atoms with E-state index in [2.05, 4.69) is 0 Å². The van der Waals surface area contributed by atoms with Gasteiger partial charge in [0.2, 0.25) is 6.29 Å². The molecule has 0 radical (unpaired) electrons. The molecule has 1 saturated carbocycles. The van der Waals surface area contributed by atoms with Gasteiger partial charge in [-0.05, 0) is 18.8 Å². The van der Waals surface area contributed by atoms with Crippen LogP contribution >= 0.6 is 0 Å². The van der Waals surface area contributed by atoms with Crippen LogP contribution in [0.2, 0.25) is 0 Å². The molecule has 0 bridgehead atoms. The van der Waals surface area contributed by atoms with Crippen molar-refractivity contribution in [1.82, 2.24) is 0 Å². The molecule has 0 aromatic heterocycles. The van der Waals surface area contributed by atoms with Gasteiger partial charge in [0, 0.05) is 11.8 Å². The molecule has 3 rings (SSSR count). The largest absolute Gasteiger partial charge is 0.478 e. The van der Waals surface area contributed by atoms with Crippen molar-refractivity contribution in [2.45, 2.75) is 56.8 Å². The fraction of sp³-hybridized carbons (Fsp3) is 0.812. The molecule has 9 atom stereocenters. The summed E-state index contributed by atoms with van der Waals surface area (Å²) in [4.78, 5) is 11.4. The number of carbonyl (C=O) groups is 1. The van der Waals surface area contributed by atoms with Gasteiger partial charge in [-0.3, -0.25) is 0 Å². The van der Waals surface area contributed by atoms with E-state index in [0.29, 0.717) is 6.42 Å². The fourth-order valence-corrected chi connectivity index (χ4v) is 4.01. The van der Waals surface area contributed by atoms with E-state index in [1.165, 1.54) is 0 Å². The molecule has 0 spiro atoms. The zero-order valence-electron chi connectivity index (χ0n) is 13.8. The predicted molar refractivity (Wildman–Crippen MR) is 80.8 cm³/mol. The highest BCUT2D eigenvalue weighted by molar-refractivity contribution is 5.87. The fourth-order valence-electron chi connectivity index (χ4n) is 4.01. The number of hydrogen-bond acceptors (Lipinski definition) is 8. The summed E-state index contributed by atoms with van der Waals surface area (Å²) in [5.74, 6) is -1.35. The van der Waals surface area contributed by atoms with Gasteiger partial charge in [-0.2, -0.15) is 0 Å². The van der Waals surface area contributed by atoms with Crippen LogP contribution in [0.4, 0.5) is 0 Å². The zero-order valence-corrected chi connectivity index (χ0v) is 13.8. The molecule has 5 N–H and O–H groups in total. The lowest BCUT2D eigenvalue weighted by atomic mass is 9.83. The highest BCUT2D eigenvalue weighted by atomic mass is 16.8. The number of aliphatic hydroxyl groups is 4. The molecule has 25 heavy (non-hydrogen) atoms. The van der Waals surface area contributed by atoms with Gasteiger partial charge in [-0.15, -0.1) is 0 Å². The predicted octanol–water partition coefficient (Wildman–Crippen LogP) is -1.21. The van der Waals surface area contributed by atoms with Gasteiger partial charge in [0.25, 0.3) is 0 Å². The van der Waals surface area contributed by atoms with Crippen LogP contribution in [0, 0.1) is 17.8 Å². The van der Waals surface area contributed by atoms with Crippen LogP contribution in [0.25, 0.3) is 0 Å². The van der Waals surface area contributed by atoms with Gasteiger partial charge < -0.3 is 39.7 Å². The van der Waals surface area contributed by atoms with E-state index in [9.17, 15) is 30.3 Å². The average molecular weight is 360 g/mol. The minimum Gasteiger partial charge on any atom is -0.478 e. The van der Waals surface area contributed by atoms with E-state index >= 15 is 0 Å². The summed E-state index contributed by atoms with van der Waals surface area (Å²) in [6.45, 7) is 1.42. The van der Waals surface area contributed by atoms with Crippen LogP contribution < -0.4 is 0 Å². The molecule has 9 heteroatoms. The molecular formula is C16H24O9. The molecule has 0 aromatic carbocycles. The van der Waals surface area contributed by atoms with E-state index in [4.69, 9.17) is 14.2 Å². The third kappa shape index (κ3) is 3.27. The van der Waals surface area contributed by atoms with Crippen LogP contribution in [0.15, 0.2) is 11.8 Å². The number of rotatable bonds is 4. The van der Waals surface area contributed by atoms with Gasteiger partial charge in [0.05, 0.1) is 18.4 Å². The first-order valence-corrected chi connectivity index (χ1v) is 8.40. The Kier molecular flexibility index (Phi) is 5.33. The number of aliphatic carboxylic acids is 1. The standard InChI is InChI=1S/C16H24O9/c1-6-2-3-7-8(14(21)22)5-23-15(10(6)7)25-16-13(20)12(19)11(18)9(4-17)24-16/h5-7,9-13,15-20H,2-4H2,1H3,(H,21,22)/t6-,7+,9+,10+,11-,12-,13+,15-,16?/m0/s1. The molecule has 1 unspecified atom stereocenters. The van der Waals surface area contributed by atoms with Crippen molar-refractivity contribution in [3.63, 3.8) is 0 Å². The summed E-state index contributed by atoms with van der Waals surface area (Å²) in [7, 11) is 0. The first kappa shape index (κ1) is 18.6. The van der Waals surface area contributed by atoms with Crippen molar-refractivity contribution >= 4 is 5.97 Å². The third-order valence-electron chi connectivity index (χ3n) is 5.46. The van der Waals surface area contributed by atoms with Crippen molar-refractivity contribution in [2.24, 2.45) is 17.8 Å². The second-order valence-electron chi connectivity index (χ2n) is 6.95. The van der Waals surface area contributed by atoms with Crippen LogP contribution in [-0.4, -0.2) is 75.1 Å². The molecule has 0 aromatic rings. The van der Waals surface area contributed by atoms with Crippen LogP contribution in [0.5, 0.6) is 0 Å². The monoisotopic (exact) mass is 360 g/mol. The lowest BCUT2D eigenvalue weighted by Gasteiger charge is -2.43. The third-order valence-corrected chi connectivity index (χ3v) is 5.46. The van der Waals surface area contributed by atoms with Gasteiger partial charge >= 0.3 is 5.97 Å². The SMILES string of the molecule is C[C@H]1CC[C@@H]2C(C(=O)O)=CO[C@@H](OC3O[C@H](CO)[C@H](O)[C@H](O)[C@H]3O)[C@@H]21. The Balaban J connectivity index is 1.77. The number of aliphatic hydroxyl groups excluding tert-OH is 4. The summed E-state index contributed by atoms with van der Waals surface area (Å²) in [5, 5.41) is 48.3. The van der Waals surface area contributed by atoms with Gasteiger partial charge in [-0.1, -0.05) is 6.92 Å². The Labute approximate surface area is 144 Å². The lowest BCUT2D eigenvalue weighted by Crippen LogP contribution is -2.60. The van der Waals surface area contributed by atoms with Gasteiger partial charge in [-0.25, -0.2) is 4.79 Å². The maximum atomic E-state index is 11.4. The van der Waals surface area contributed by atoms with Crippen molar-refractivity contribution in [3.8, 4) is 0 Å². The summed E-state index contributed by atoms with van der Waals surface area (Å²) >= 11 is 0. The maximum Gasteiger partial charge on any atom is 0.334 e. The highest BCUT2D eigenvalue weighted by Crippen LogP contribution is 2.47. The van der Waals surface area contributed by atoms with E-state index < -0.39 is 49.6 Å². The molecule has 142 valence electrons. The Bertz CT molecular complexity index is 534. The first-order valence-electron chi connectivity index (χ1n) is 8.40. The molecule has 3 aliphatic rings. The first-order chi connectivity index (χ1) is 11.8. The number of carboxylic acids is 1. The smallest absolute Gasteiger partial charge is 0.334 e. The normalized spacial score (nSPS) is 46.9. The molecule has 0 amide bonds. The minimum atomic E-state index is -1.54.